The Hall–Kier alpha value is -1.51. The SMILES string of the molecule is CCNc1ccc(C)cc1C(=O)OCC.[HH]. The number of hydrogen-bond donors (Lipinski definition) is 1. The minimum absolute atomic E-state index is 0. The van der Waals surface area contributed by atoms with Gasteiger partial charge in [0.15, 0.2) is 0 Å². The number of esters is 1. The number of hydrogen-bond acceptors (Lipinski definition) is 3. The third-order valence-corrected chi connectivity index (χ3v) is 2.04. The Morgan fingerprint density at radius 3 is 2.80 bits per heavy atom. The van der Waals surface area contributed by atoms with Crippen LogP contribution in [0.25, 0.3) is 0 Å². The van der Waals surface area contributed by atoms with E-state index in [1.807, 2.05) is 32.0 Å². The van der Waals surface area contributed by atoms with Crippen LogP contribution in [0.4, 0.5) is 5.69 Å². The molecule has 0 aliphatic carbocycles. The highest BCUT2D eigenvalue weighted by atomic mass is 16.5. The first-order chi connectivity index (χ1) is 7.19. The van der Waals surface area contributed by atoms with Gasteiger partial charge in [-0.15, -0.1) is 0 Å². The molecule has 0 saturated carbocycles. The monoisotopic (exact) mass is 209 g/mol. The number of anilines is 1. The number of carbonyl (C=O) groups excluding carboxylic acids is 1. The molecule has 0 bridgehead atoms. The van der Waals surface area contributed by atoms with Crippen molar-refractivity contribution in [3.05, 3.63) is 29.3 Å². The summed E-state index contributed by atoms with van der Waals surface area (Å²) in [6.07, 6.45) is 0. The van der Waals surface area contributed by atoms with Crippen LogP contribution in [0.1, 0.15) is 31.2 Å². The van der Waals surface area contributed by atoms with Crippen molar-refractivity contribution in [3.8, 4) is 0 Å². The molecule has 0 aromatic heterocycles. The number of ether oxygens (including phenoxy) is 1. The Bertz CT molecular complexity index is 353. The maximum Gasteiger partial charge on any atom is 0.340 e. The summed E-state index contributed by atoms with van der Waals surface area (Å²) in [7, 11) is 0. The molecule has 0 unspecified atom stereocenters. The Morgan fingerprint density at radius 1 is 1.47 bits per heavy atom. The summed E-state index contributed by atoms with van der Waals surface area (Å²) in [5.41, 5.74) is 2.50. The lowest BCUT2D eigenvalue weighted by Crippen LogP contribution is -2.09. The second-order valence-electron chi connectivity index (χ2n) is 3.30. The van der Waals surface area contributed by atoms with Crippen LogP contribution >= 0.6 is 0 Å². The molecule has 0 aliphatic heterocycles. The summed E-state index contributed by atoms with van der Waals surface area (Å²) >= 11 is 0. The number of benzene rings is 1. The average molecular weight is 209 g/mol. The zero-order chi connectivity index (χ0) is 11.3. The molecule has 1 N–H and O–H groups in total. The zero-order valence-corrected chi connectivity index (χ0v) is 9.46. The first-order valence-electron chi connectivity index (χ1n) is 5.20. The highest BCUT2D eigenvalue weighted by Crippen LogP contribution is 2.18. The van der Waals surface area contributed by atoms with Gasteiger partial charge in [0.1, 0.15) is 0 Å². The van der Waals surface area contributed by atoms with Gasteiger partial charge in [-0.05, 0) is 32.9 Å². The van der Waals surface area contributed by atoms with Gasteiger partial charge in [0.25, 0.3) is 0 Å². The second-order valence-corrected chi connectivity index (χ2v) is 3.30. The maximum absolute atomic E-state index is 11.6. The predicted molar refractivity (Wildman–Crippen MR) is 63.4 cm³/mol. The van der Waals surface area contributed by atoms with Gasteiger partial charge in [-0.2, -0.15) is 0 Å². The summed E-state index contributed by atoms with van der Waals surface area (Å²) in [4.78, 5) is 11.6. The van der Waals surface area contributed by atoms with Crippen molar-refractivity contribution in [2.75, 3.05) is 18.5 Å². The summed E-state index contributed by atoms with van der Waals surface area (Å²) < 4.78 is 4.99. The molecule has 1 aromatic carbocycles. The van der Waals surface area contributed by atoms with E-state index in [-0.39, 0.29) is 7.40 Å². The van der Waals surface area contributed by atoms with Crippen LogP contribution in [0.5, 0.6) is 0 Å². The fraction of sp³-hybridized carbons (Fsp3) is 0.417. The summed E-state index contributed by atoms with van der Waals surface area (Å²) in [5, 5.41) is 3.14. The van der Waals surface area contributed by atoms with E-state index in [0.29, 0.717) is 12.2 Å². The standard InChI is InChI=1S/C12H17NO2.H2/c1-4-13-11-7-6-9(3)8-10(11)12(14)15-5-2;/h6-8,13H,4-5H2,1-3H3;1H. The van der Waals surface area contributed by atoms with Crippen molar-refractivity contribution in [3.63, 3.8) is 0 Å². The normalized spacial score (nSPS) is 9.80. The third kappa shape index (κ3) is 2.98. The molecule has 0 fully saturated rings. The lowest BCUT2D eigenvalue weighted by Gasteiger charge is -2.10. The minimum Gasteiger partial charge on any atom is -0.462 e. The molecular weight excluding hydrogens is 190 g/mol. The highest BCUT2D eigenvalue weighted by Gasteiger charge is 2.11. The number of carbonyl (C=O) groups is 1. The Morgan fingerprint density at radius 2 is 2.20 bits per heavy atom. The van der Waals surface area contributed by atoms with Gasteiger partial charge >= 0.3 is 5.97 Å². The fourth-order valence-electron chi connectivity index (χ4n) is 1.38. The molecule has 84 valence electrons. The minimum atomic E-state index is -0.267. The first kappa shape index (κ1) is 11.6. The molecule has 3 nitrogen and oxygen atoms in total. The highest BCUT2D eigenvalue weighted by molar-refractivity contribution is 5.95. The molecular formula is C12H19NO2. The molecule has 0 heterocycles. The van der Waals surface area contributed by atoms with E-state index < -0.39 is 0 Å². The molecule has 1 aromatic rings. The molecule has 0 spiro atoms. The van der Waals surface area contributed by atoms with Crippen LogP contribution in [0.3, 0.4) is 0 Å². The lowest BCUT2D eigenvalue weighted by atomic mass is 10.1. The van der Waals surface area contributed by atoms with Gasteiger partial charge in [0.05, 0.1) is 12.2 Å². The lowest BCUT2D eigenvalue weighted by molar-refractivity contribution is 0.0527. The van der Waals surface area contributed by atoms with E-state index in [1.165, 1.54) is 0 Å². The van der Waals surface area contributed by atoms with E-state index in [0.717, 1.165) is 17.8 Å². The van der Waals surface area contributed by atoms with E-state index in [4.69, 9.17) is 4.74 Å². The van der Waals surface area contributed by atoms with Crippen molar-refractivity contribution in [2.24, 2.45) is 0 Å². The van der Waals surface area contributed by atoms with Gasteiger partial charge in [-0.3, -0.25) is 0 Å². The summed E-state index contributed by atoms with van der Waals surface area (Å²) in [6.45, 7) is 6.95. The third-order valence-electron chi connectivity index (χ3n) is 2.04. The molecule has 1 rings (SSSR count). The van der Waals surface area contributed by atoms with Crippen LogP contribution in [-0.2, 0) is 4.74 Å². The van der Waals surface area contributed by atoms with Crippen molar-refractivity contribution >= 4 is 11.7 Å². The van der Waals surface area contributed by atoms with Gasteiger partial charge < -0.3 is 10.1 Å². The average Bonchev–Trinajstić information content (AvgIpc) is 2.21. The molecule has 0 aliphatic rings. The van der Waals surface area contributed by atoms with Crippen molar-refractivity contribution in [1.82, 2.24) is 0 Å². The van der Waals surface area contributed by atoms with Crippen LogP contribution in [-0.4, -0.2) is 19.1 Å². The van der Waals surface area contributed by atoms with Gasteiger partial charge in [-0.1, -0.05) is 11.6 Å². The largest absolute Gasteiger partial charge is 0.462 e. The molecule has 0 amide bonds. The molecule has 0 saturated heterocycles. The van der Waals surface area contributed by atoms with Crippen LogP contribution in [0.2, 0.25) is 0 Å². The topological polar surface area (TPSA) is 38.3 Å². The molecule has 3 heteroatoms. The van der Waals surface area contributed by atoms with Crippen molar-refractivity contribution in [2.45, 2.75) is 20.8 Å². The summed E-state index contributed by atoms with van der Waals surface area (Å²) in [6, 6.07) is 5.72. The van der Waals surface area contributed by atoms with Gasteiger partial charge in [-0.25, -0.2) is 4.79 Å². The fourth-order valence-corrected chi connectivity index (χ4v) is 1.38. The van der Waals surface area contributed by atoms with Crippen LogP contribution in [0.15, 0.2) is 18.2 Å². The first-order valence-corrected chi connectivity index (χ1v) is 5.20. The Balaban J connectivity index is 0.00000225. The molecule has 15 heavy (non-hydrogen) atoms. The Kier molecular flexibility index (Phi) is 4.16. The second kappa shape index (κ2) is 5.39. The van der Waals surface area contributed by atoms with E-state index in [2.05, 4.69) is 5.32 Å². The smallest absolute Gasteiger partial charge is 0.340 e. The number of nitrogens with one attached hydrogen (secondary N) is 1. The molecule has 0 atom stereocenters. The van der Waals surface area contributed by atoms with Gasteiger partial charge in [0.2, 0.25) is 0 Å². The van der Waals surface area contributed by atoms with E-state index in [9.17, 15) is 4.79 Å². The van der Waals surface area contributed by atoms with E-state index >= 15 is 0 Å². The Labute approximate surface area is 91.9 Å². The van der Waals surface area contributed by atoms with E-state index in [1.54, 1.807) is 6.92 Å². The number of aryl methyl sites for hydroxylation is 1. The number of rotatable bonds is 4. The summed E-state index contributed by atoms with van der Waals surface area (Å²) in [5.74, 6) is -0.267. The molecule has 0 radical (unpaired) electrons. The van der Waals surface area contributed by atoms with Crippen LogP contribution < -0.4 is 5.32 Å². The maximum atomic E-state index is 11.6. The quantitative estimate of drug-likeness (QED) is 0.775. The van der Waals surface area contributed by atoms with Crippen molar-refractivity contribution in [1.29, 1.82) is 0 Å². The van der Waals surface area contributed by atoms with Crippen LogP contribution in [0, 0.1) is 6.92 Å². The van der Waals surface area contributed by atoms with Gasteiger partial charge in [0, 0.05) is 13.7 Å². The zero-order valence-electron chi connectivity index (χ0n) is 9.46. The van der Waals surface area contributed by atoms with Crippen molar-refractivity contribution < 1.29 is 11.0 Å². The predicted octanol–water partition coefficient (Wildman–Crippen LogP) is 2.85.